The number of alkyl halides is 3. The molecule has 2 N–H and O–H groups in total. The van der Waals surface area contributed by atoms with E-state index >= 15 is 0 Å². The molecule has 84 valence electrons. The molecule has 0 aliphatic carbocycles. The number of hydrogen-bond donors (Lipinski definition) is 2. The standard InChI is InChI=1S/C9H4F3NO3/c10-9(11,12)6-2-4(3-13)1-5(7(6)14)8(15)16/h1-2,14H,(H,15,16). The predicted octanol–water partition coefficient (Wildman–Crippen LogP) is 1.98. The Bertz CT molecular complexity index is 488. The van der Waals surface area contributed by atoms with Crippen LogP contribution in [0, 0.1) is 11.3 Å². The van der Waals surface area contributed by atoms with E-state index in [0.717, 1.165) is 0 Å². The van der Waals surface area contributed by atoms with Crippen LogP contribution in [0.1, 0.15) is 21.5 Å². The molecule has 0 radical (unpaired) electrons. The Hall–Kier alpha value is -2.23. The van der Waals surface area contributed by atoms with Gasteiger partial charge in [0.15, 0.2) is 0 Å². The Kier molecular flexibility index (Phi) is 2.76. The quantitative estimate of drug-likeness (QED) is 0.774. The lowest BCUT2D eigenvalue weighted by molar-refractivity contribution is -0.138. The summed E-state index contributed by atoms with van der Waals surface area (Å²) in [5.74, 6) is -3.13. The summed E-state index contributed by atoms with van der Waals surface area (Å²) in [6.45, 7) is 0. The smallest absolute Gasteiger partial charge is 0.420 e. The van der Waals surface area contributed by atoms with Crippen molar-refractivity contribution < 1.29 is 28.2 Å². The summed E-state index contributed by atoms with van der Waals surface area (Å²) >= 11 is 0. The van der Waals surface area contributed by atoms with Gasteiger partial charge in [0.2, 0.25) is 0 Å². The molecule has 7 heteroatoms. The van der Waals surface area contributed by atoms with Crippen molar-refractivity contribution in [2.75, 3.05) is 0 Å². The second kappa shape index (κ2) is 3.73. The highest BCUT2D eigenvalue weighted by molar-refractivity contribution is 5.91. The van der Waals surface area contributed by atoms with Gasteiger partial charge < -0.3 is 10.2 Å². The Labute approximate surface area is 87.2 Å². The van der Waals surface area contributed by atoms with E-state index in [1.165, 1.54) is 6.07 Å². The fourth-order valence-corrected chi connectivity index (χ4v) is 1.08. The summed E-state index contributed by atoms with van der Waals surface area (Å²) in [4.78, 5) is 10.5. The lowest BCUT2D eigenvalue weighted by Gasteiger charge is -2.10. The minimum absolute atomic E-state index is 0.391. The molecule has 0 unspecified atom stereocenters. The third kappa shape index (κ3) is 2.06. The molecule has 0 saturated carbocycles. The van der Waals surface area contributed by atoms with Gasteiger partial charge in [0.1, 0.15) is 11.3 Å². The van der Waals surface area contributed by atoms with E-state index < -0.39 is 34.6 Å². The first kappa shape index (κ1) is 11.8. The lowest BCUT2D eigenvalue weighted by Crippen LogP contribution is -2.09. The summed E-state index contributed by atoms with van der Waals surface area (Å²) in [6.07, 6.45) is -4.92. The van der Waals surface area contributed by atoms with Gasteiger partial charge in [0, 0.05) is 0 Å². The molecular formula is C9H4F3NO3. The van der Waals surface area contributed by atoms with Crippen LogP contribution in [-0.2, 0) is 6.18 Å². The van der Waals surface area contributed by atoms with Crippen LogP contribution < -0.4 is 0 Å². The molecule has 16 heavy (non-hydrogen) atoms. The van der Waals surface area contributed by atoms with Gasteiger partial charge in [-0.05, 0) is 12.1 Å². The second-order valence-electron chi connectivity index (χ2n) is 2.83. The molecule has 0 bridgehead atoms. The van der Waals surface area contributed by atoms with Crippen molar-refractivity contribution in [2.45, 2.75) is 6.18 Å². The monoisotopic (exact) mass is 231 g/mol. The molecule has 0 aromatic heterocycles. The zero-order valence-electron chi connectivity index (χ0n) is 7.54. The summed E-state index contributed by atoms with van der Waals surface area (Å²) in [7, 11) is 0. The van der Waals surface area contributed by atoms with Gasteiger partial charge in [-0.3, -0.25) is 0 Å². The van der Waals surface area contributed by atoms with Crippen molar-refractivity contribution in [1.29, 1.82) is 5.26 Å². The third-order valence-electron chi connectivity index (χ3n) is 1.77. The van der Waals surface area contributed by atoms with Gasteiger partial charge in [0.25, 0.3) is 0 Å². The fourth-order valence-electron chi connectivity index (χ4n) is 1.08. The zero-order valence-corrected chi connectivity index (χ0v) is 7.54. The number of benzene rings is 1. The predicted molar refractivity (Wildman–Crippen MR) is 44.8 cm³/mol. The van der Waals surface area contributed by atoms with E-state index in [2.05, 4.69) is 0 Å². The molecule has 0 aliphatic heterocycles. The molecule has 0 aliphatic rings. The van der Waals surface area contributed by atoms with Gasteiger partial charge in [-0.25, -0.2) is 4.79 Å². The van der Waals surface area contributed by atoms with Gasteiger partial charge in [-0.2, -0.15) is 18.4 Å². The molecule has 0 saturated heterocycles. The number of phenols is 1. The lowest BCUT2D eigenvalue weighted by atomic mass is 10.0. The minimum Gasteiger partial charge on any atom is -0.506 e. The van der Waals surface area contributed by atoms with Crippen LogP contribution in [0.25, 0.3) is 0 Å². The van der Waals surface area contributed by atoms with Crippen LogP contribution in [0.5, 0.6) is 5.75 Å². The fraction of sp³-hybridized carbons (Fsp3) is 0.111. The van der Waals surface area contributed by atoms with Crippen LogP contribution in [0.15, 0.2) is 12.1 Å². The highest BCUT2D eigenvalue weighted by Crippen LogP contribution is 2.38. The maximum Gasteiger partial charge on any atom is 0.420 e. The third-order valence-corrected chi connectivity index (χ3v) is 1.77. The molecule has 0 spiro atoms. The van der Waals surface area contributed by atoms with Crippen molar-refractivity contribution in [3.8, 4) is 11.8 Å². The Morgan fingerprint density at radius 1 is 1.38 bits per heavy atom. The first-order valence-electron chi connectivity index (χ1n) is 3.85. The number of nitrogens with zero attached hydrogens (tertiary/aromatic N) is 1. The van der Waals surface area contributed by atoms with Crippen molar-refractivity contribution in [2.24, 2.45) is 0 Å². The van der Waals surface area contributed by atoms with Crippen LogP contribution in [0.3, 0.4) is 0 Å². The van der Waals surface area contributed by atoms with E-state index in [1.807, 2.05) is 0 Å². The molecule has 4 nitrogen and oxygen atoms in total. The van der Waals surface area contributed by atoms with Crippen molar-refractivity contribution in [3.05, 3.63) is 28.8 Å². The Balaban J connectivity index is 3.58. The molecule has 1 aromatic carbocycles. The molecule has 0 atom stereocenters. The minimum atomic E-state index is -4.92. The van der Waals surface area contributed by atoms with E-state index in [1.54, 1.807) is 0 Å². The SMILES string of the molecule is N#Cc1cc(C(=O)O)c(O)c(C(F)(F)F)c1. The second-order valence-corrected chi connectivity index (χ2v) is 2.83. The summed E-state index contributed by atoms with van der Waals surface area (Å²) in [5, 5.41) is 26.1. The van der Waals surface area contributed by atoms with Crippen molar-refractivity contribution in [3.63, 3.8) is 0 Å². The number of halogens is 3. The summed E-state index contributed by atoms with van der Waals surface area (Å²) < 4.78 is 37.0. The van der Waals surface area contributed by atoms with Crippen molar-refractivity contribution in [1.82, 2.24) is 0 Å². The van der Waals surface area contributed by atoms with Gasteiger partial charge in [-0.15, -0.1) is 0 Å². The van der Waals surface area contributed by atoms with Gasteiger partial charge >= 0.3 is 12.1 Å². The Morgan fingerprint density at radius 3 is 2.31 bits per heavy atom. The average Bonchev–Trinajstić information content (AvgIpc) is 2.15. The van der Waals surface area contributed by atoms with Crippen molar-refractivity contribution >= 4 is 5.97 Å². The molecule has 0 amide bonds. The first-order valence-corrected chi connectivity index (χ1v) is 3.85. The number of carboxylic acids is 1. The Morgan fingerprint density at radius 2 is 1.94 bits per heavy atom. The molecule has 1 rings (SSSR count). The molecule has 0 fully saturated rings. The summed E-state index contributed by atoms with van der Waals surface area (Å²) in [6, 6.07) is 2.45. The first-order chi connectivity index (χ1) is 7.27. The molecule has 0 heterocycles. The average molecular weight is 231 g/mol. The van der Waals surface area contributed by atoms with E-state index in [-0.39, 0.29) is 0 Å². The van der Waals surface area contributed by atoms with Crippen LogP contribution in [0.2, 0.25) is 0 Å². The van der Waals surface area contributed by atoms with Gasteiger partial charge in [0.05, 0.1) is 17.2 Å². The van der Waals surface area contributed by atoms with E-state index in [0.29, 0.717) is 12.1 Å². The highest BCUT2D eigenvalue weighted by Gasteiger charge is 2.36. The number of aromatic carboxylic acids is 1. The number of rotatable bonds is 1. The van der Waals surface area contributed by atoms with E-state index in [9.17, 15) is 18.0 Å². The zero-order chi connectivity index (χ0) is 12.5. The largest absolute Gasteiger partial charge is 0.506 e. The van der Waals surface area contributed by atoms with Crippen LogP contribution in [0.4, 0.5) is 13.2 Å². The van der Waals surface area contributed by atoms with Crippen LogP contribution >= 0.6 is 0 Å². The maximum atomic E-state index is 12.3. The topological polar surface area (TPSA) is 81.3 Å². The number of aromatic hydroxyl groups is 1. The molecular weight excluding hydrogens is 227 g/mol. The number of nitriles is 1. The number of hydrogen-bond acceptors (Lipinski definition) is 3. The van der Waals surface area contributed by atoms with Crippen LogP contribution in [-0.4, -0.2) is 16.2 Å². The molecule has 1 aromatic rings. The normalized spacial score (nSPS) is 10.9. The maximum absolute atomic E-state index is 12.3. The van der Waals surface area contributed by atoms with Gasteiger partial charge in [-0.1, -0.05) is 0 Å². The van der Waals surface area contributed by atoms with E-state index in [4.69, 9.17) is 15.5 Å². The number of carboxylic acid groups (broad SMARTS) is 1. The highest BCUT2D eigenvalue weighted by atomic mass is 19.4. The summed E-state index contributed by atoms with van der Waals surface area (Å²) in [5.41, 5.74) is -2.97. The number of carbonyl (C=O) groups is 1.